The zero-order valence-electron chi connectivity index (χ0n) is 4.86. The summed E-state index contributed by atoms with van der Waals surface area (Å²) in [6, 6.07) is 0. The molecule has 33 valence electrons. The molecule has 0 aliphatic heterocycles. The molecule has 3 nitrogen and oxygen atoms in total. The SMILES string of the molecule is [Gd+3].[H-].[H-].[O-]B([O-])[O-].[Sr+2]. The normalized spacial score (nSPS) is 4.50. The quantitative estimate of drug-likeness (QED) is 0.427. The maximum atomic E-state index is 8.42. The Morgan fingerprint density at radius 3 is 1.17 bits per heavy atom. The predicted molar refractivity (Wildman–Crippen MR) is 13.7 cm³/mol. The average molecular weight is 306 g/mol. The molecule has 1 radical (unpaired) electrons. The Morgan fingerprint density at radius 2 is 1.17 bits per heavy atom. The van der Waals surface area contributed by atoms with Gasteiger partial charge in [-0.3, -0.25) is 7.32 Å². The van der Waals surface area contributed by atoms with Crippen LogP contribution >= 0.6 is 0 Å². The number of hydrogen-bond acceptors (Lipinski definition) is 3. The first kappa shape index (κ1) is 15.9. The van der Waals surface area contributed by atoms with E-state index in [1.807, 2.05) is 0 Å². The van der Waals surface area contributed by atoms with Crippen molar-refractivity contribution in [2.45, 2.75) is 0 Å². The first-order chi connectivity index (χ1) is 1.73. The largest absolute Gasteiger partial charge is 3.00 e. The van der Waals surface area contributed by atoms with Crippen LogP contribution in [0.3, 0.4) is 0 Å². The molecule has 0 saturated carbocycles. The van der Waals surface area contributed by atoms with Crippen LogP contribution in [0.1, 0.15) is 2.85 Å². The minimum absolute atomic E-state index is 0. The van der Waals surface area contributed by atoms with Crippen molar-refractivity contribution in [3.63, 3.8) is 0 Å². The van der Waals surface area contributed by atoms with Crippen molar-refractivity contribution < 1.29 is 57.9 Å². The molecule has 6 heavy (non-hydrogen) atoms. The van der Waals surface area contributed by atoms with Gasteiger partial charge in [0.15, 0.2) is 0 Å². The second kappa shape index (κ2) is 10.7. The third-order valence-corrected chi connectivity index (χ3v) is 0. The smallest absolute Gasteiger partial charge is 1.00 e. The Balaban J connectivity index is -0.00000000750. The van der Waals surface area contributed by atoms with Crippen LogP contribution < -0.4 is 15.1 Å². The molecule has 0 rings (SSSR count). The molecule has 0 aromatic rings. The molecular weight excluding hydrogens is 304 g/mol. The van der Waals surface area contributed by atoms with Crippen LogP contribution in [-0.4, -0.2) is 52.8 Å². The molecule has 0 aliphatic rings. The van der Waals surface area contributed by atoms with E-state index in [1.54, 1.807) is 0 Å². The van der Waals surface area contributed by atoms with E-state index in [0.717, 1.165) is 0 Å². The van der Waals surface area contributed by atoms with Crippen LogP contribution in [0.2, 0.25) is 0 Å². The summed E-state index contributed by atoms with van der Waals surface area (Å²) in [6.45, 7) is 0. The van der Waals surface area contributed by atoms with Crippen molar-refractivity contribution >= 4 is 52.8 Å². The Hall–Kier alpha value is 2.75. The van der Waals surface area contributed by atoms with Gasteiger partial charge in [0, 0.05) is 0 Å². The van der Waals surface area contributed by atoms with E-state index >= 15 is 0 Å². The van der Waals surface area contributed by atoms with Crippen molar-refractivity contribution in [1.82, 2.24) is 0 Å². The van der Waals surface area contributed by atoms with E-state index in [1.165, 1.54) is 0 Å². The Kier molecular flexibility index (Phi) is 28.3. The summed E-state index contributed by atoms with van der Waals surface area (Å²) in [4.78, 5) is 0. The van der Waals surface area contributed by atoms with E-state index in [4.69, 9.17) is 15.1 Å². The summed E-state index contributed by atoms with van der Waals surface area (Å²) in [5.74, 6) is 0. The van der Waals surface area contributed by atoms with Gasteiger partial charge in [-0.2, -0.15) is 0 Å². The fourth-order valence-corrected chi connectivity index (χ4v) is 0. The molecule has 0 fully saturated rings. The van der Waals surface area contributed by atoms with Gasteiger partial charge in [0.1, 0.15) is 0 Å². The monoisotopic (exact) mass is 307 g/mol. The van der Waals surface area contributed by atoms with E-state index < -0.39 is 7.32 Å². The zero-order chi connectivity index (χ0) is 3.58. The van der Waals surface area contributed by atoms with Crippen molar-refractivity contribution in [3.8, 4) is 0 Å². The van der Waals surface area contributed by atoms with Crippen molar-refractivity contribution in [1.29, 1.82) is 0 Å². The molecule has 0 bridgehead atoms. The summed E-state index contributed by atoms with van der Waals surface area (Å²) in [6.07, 6.45) is 0. The van der Waals surface area contributed by atoms with Crippen LogP contribution in [0.5, 0.6) is 0 Å². The summed E-state index contributed by atoms with van der Waals surface area (Å²) >= 11 is 0. The van der Waals surface area contributed by atoms with Gasteiger partial charge in [0.05, 0.1) is 0 Å². The van der Waals surface area contributed by atoms with E-state index in [9.17, 15) is 0 Å². The Labute approximate surface area is 108 Å². The first-order valence-corrected chi connectivity index (χ1v) is 0.707. The van der Waals surface area contributed by atoms with Gasteiger partial charge in [-0.25, -0.2) is 0 Å². The maximum absolute atomic E-state index is 8.42. The fraction of sp³-hybridized carbons (Fsp3) is 0. The number of hydrogen-bond donors (Lipinski definition) is 0. The Bertz CT molecular complexity index is 22.0. The topological polar surface area (TPSA) is 69.2 Å². The molecule has 0 spiro atoms. The minimum Gasteiger partial charge on any atom is -1.00 e. The number of rotatable bonds is 0. The molecule has 0 saturated heterocycles. The third kappa shape index (κ3) is 29.5. The molecule has 0 aromatic carbocycles. The molecule has 0 N–H and O–H groups in total. The van der Waals surface area contributed by atoms with E-state index in [0.29, 0.717) is 0 Å². The molecule has 0 atom stereocenters. The molecule has 0 unspecified atom stereocenters. The predicted octanol–water partition coefficient (Wildman–Crippen LogP) is -4.10. The van der Waals surface area contributed by atoms with Crippen LogP contribution in [0.4, 0.5) is 0 Å². The summed E-state index contributed by atoms with van der Waals surface area (Å²) in [5.41, 5.74) is 0. The molecular formula is H2BGdO3Sr. The van der Waals surface area contributed by atoms with E-state index in [-0.39, 0.29) is 88.3 Å². The van der Waals surface area contributed by atoms with Crippen molar-refractivity contribution in [2.75, 3.05) is 0 Å². The zero-order valence-corrected chi connectivity index (χ0v) is 8.61. The molecule has 0 aliphatic carbocycles. The first-order valence-electron chi connectivity index (χ1n) is 0.707. The van der Waals surface area contributed by atoms with Gasteiger partial charge in [-0.15, -0.1) is 0 Å². The third-order valence-electron chi connectivity index (χ3n) is 0. The van der Waals surface area contributed by atoms with Gasteiger partial charge in [0.2, 0.25) is 0 Å². The molecule has 6 heteroatoms. The van der Waals surface area contributed by atoms with Crippen molar-refractivity contribution in [2.24, 2.45) is 0 Å². The van der Waals surface area contributed by atoms with Crippen LogP contribution in [0.15, 0.2) is 0 Å². The molecule has 0 heterocycles. The van der Waals surface area contributed by atoms with Crippen LogP contribution in [-0.2, 0) is 0 Å². The van der Waals surface area contributed by atoms with Gasteiger partial charge in [-0.05, 0) is 0 Å². The van der Waals surface area contributed by atoms with Gasteiger partial charge >= 0.3 is 85.4 Å². The summed E-state index contributed by atoms with van der Waals surface area (Å²) in [7, 11) is -2.92. The van der Waals surface area contributed by atoms with Gasteiger partial charge in [0.25, 0.3) is 0 Å². The van der Waals surface area contributed by atoms with Gasteiger partial charge < -0.3 is 17.9 Å². The average Bonchev–Trinajstić information content (AvgIpc) is 0.811. The minimum atomic E-state index is -2.92. The van der Waals surface area contributed by atoms with Crippen LogP contribution in [0, 0.1) is 39.9 Å². The van der Waals surface area contributed by atoms with Crippen LogP contribution in [0.25, 0.3) is 0 Å². The Morgan fingerprint density at radius 1 is 1.17 bits per heavy atom. The summed E-state index contributed by atoms with van der Waals surface area (Å²) in [5, 5.41) is 25.2. The summed E-state index contributed by atoms with van der Waals surface area (Å²) < 4.78 is 0. The maximum Gasteiger partial charge on any atom is 3.00 e. The van der Waals surface area contributed by atoms with Crippen molar-refractivity contribution in [3.05, 3.63) is 0 Å². The van der Waals surface area contributed by atoms with E-state index in [2.05, 4.69) is 0 Å². The second-order valence-electron chi connectivity index (χ2n) is 0.289. The molecule has 0 aromatic heterocycles. The standard InChI is InChI=1S/BO3.Gd.Sr.2H/c2-1(3)4;;;;/q-3;+3;+2;2*-1. The van der Waals surface area contributed by atoms with Gasteiger partial charge in [-0.1, -0.05) is 0 Å². The molecule has 0 amide bonds. The second-order valence-corrected chi connectivity index (χ2v) is 0.289. The fourth-order valence-electron chi connectivity index (χ4n) is 0.